The Bertz CT molecular complexity index is 481. The van der Waals surface area contributed by atoms with Crippen LogP contribution < -0.4 is 10.1 Å². The predicted molar refractivity (Wildman–Crippen MR) is 66.5 cm³/mol. The van der Waals surface area contributed by atoms with E-state index in [2.05, 4.69) is 10.1 Å². The van der Waals surface area contributed by atoms with E-state index in [1.165, 1.54) is 32.2 Å². The molecule has 0 saturated heterocycles. The molecule has 1 aromatic rings. The lowest BCUT2D eigenvalue weighted by atomic mass is 10.3. The molecule has 1 rings (SSSR count). The monoisotopic (exact) mass is 289 g/mol. The van der Waals surface area contributed by atoms with Crippen molar-refractivity contribution in [3.63, 3.8) is 0 Å². The van der Waals surface area contributed by atoms with Crippen molar-refractivity contribution in [2.75, 3.05) is 13.7 Å². The fourth-order valence-corrected chi connectivity index (χ4v) is 1.49. The molecule has 0 spiro atoms. The van der Waals surface area contributed by atoms with Gasteiger partial charge in [0.25, 0.3) is 0 Å². The molecule has 5 nitrogen and oxygen atoms in total. The fraction of sp³-hybridized carbons (Fsp3) is 0.333. The number of esters is 1. The van der Waals surface area contributed by atoms with Crippen LogP contribution in [0.15, 0.2) is 18.2 Å². The molecule has 1 unspecified atom stereocenters. The molecular formula is C12H13ClFNO4. The summed E-state index contributed by atoms with van der Waals surface area (Å²) in [6.07, 6.45) is 0. The SMILES string of the molecule is COC(=O)C(COc1cccc(Cl)c1F)NC(C)=O. The minimum atomic E-state index is -1.01. The molecular weight excluding hydrogens is 277 g/mol. The molecule has 1 atom stereocenters. The molecule has 7 heteroatoms. The number of carbonyl (C=O) groups is 2. The molecule has 1 aromatic carbocycles. The summed E-state index contributed by atoms with van der Waals surface area (Å²) in [5.41, 5.74) is 0. The number of ether oxygens (including phenoxy) is 2. The van der Waals surface area contributed by atoms with Crippen LogP contribution in [0.5, 0.6) is 5.75 Å². The standard InChI is InChI=1S/C12H13ClFNO4/c1-7(16)15-9(12(17)18-2)6-19-10-5-3-4-8(13)11(10)14/h3-5,9H,6H2,1-2H3,(H,15,16). The first-order valence-electron chi connectivity index (χ1n) is 5.37. The lowest BCUT2D eigenvalue weighted by Crippen LogP contribution is -2.44. The number of benzene rings is 1. The number of amides is 1. The molecule has 0 saturated carbocycles. The summed E-state index contributed by atoms with van der Waals surface area (Å²) >= 11 is 5.59. The third kappa shape index (κ3) is 4.40. The van der Waals surface area contributed by atoms with Gasteiger partial charge < -0.3 is 14.8 Å². The molecule has 1 N–H and O–H groups in total. The second kappa shape index (κ2) is 6.94. The van der Waals surface area contributed by atoms with Crippen molar-refractivity contribution in [3.05, 3.63) is 29.0 Å². The van der Waals surface area contributed by atoms with E-state index in [0.29, 0.717) is 0 Å². The molecule has 104 valence electrons. The number of halogens is 2. The zero-order chi connectivity index (χ0) is 14.4. The lowest BCUT2D eigenvalue weighted by Gasteiger charge is -2.16. The molecule has 0 aromatic heterocycles. The number of carbonyl (C=O) groups excluding carboxylic acids is 2. The second-order valence-electron chi connectivity index (χ2n) is 3.64. The van der Waals surface area contributed by atoms with E-state index in [4.69, 9.17) is 16.3 Å². The fourth-order valence-electron chi connectivity index (χ4n) is 1.32. The first-order valence-corrected chi connectivity index (χ1v) is 5.75. The Morgan fingerprint density at radius 2 is 2.16 bits per heavy atom. The molecule has 0 aliphatic carbocycles. The topological polar surface area (TPSA) is 64.6 Å². The van der Waals surface area contributed by atoms with Crippen molar-refractivity contribution in [2.45, 2.75) is 13.0 Å². The van der Waals surface area contributed by atoms with E-state index < -0.39 is 23.7 Å². The van der Waals surface area contributed by atoms with E-state index in [1.807, 2.05) is 0 Å². The van der Waals surface area contributed by atoms with Gasteiger partial charge in [0.05, 0.1) is 12.1 Å². The van der Waals surface area contributed by atoms with Crippen LogP contribution in [0.2, 0.25) is 5.02 Å². The Balaban J connectivity index is 2.73. The number of nitrogens with one attached hydrogen (secondary N) is 1. The van der Waals surface area contributed by atoms with Gasteiger partial charge in [-0.15, -0.1) is 0 Å². The Kier molecular flexibility index (Phi) is 5.57. The molecule has 1 amide bonds. The van der Waals surface area contributed by atoms with Crippen LogP contribution in [0, 0.1) is 5.82 Å². The zero-order valence-electron chi connectivity index (χ0n) is 10.4. The number of hydrogen-bond donors (Lipinski definition) is 1. The van der Waals surface area contributed by atoms with E-state index in [9.17, 15) is 14.0 Å². The van der Waals surface area contributed by atoms with Gasteiger partial charge in [0.2, 0.25) is 5.91 Å². The van der Waals surface area contributed by atoms with E-state index in [-0.39, 0.29) is 17.4 Å². The summed E-state index contributed by atoms with van der Waals surface area (Å²) in [4.78, 5) is 22.3. The van der Waals surface area contributed by atoms with Crippen molar-refractivity contribution < 1.29 is 23.5 Å². The third-order valence-electron chi connectivity index (χ3n) is 2.18. The molecule has 0 aliphatic heterocycles. The number of rotatable bonds is 5. The Morgan fingerprint density at radius 1 is 1.47 bits per heavy atom. The number of hydrogen-bond acceptors (Lipinski definition) is 4. The zero-order valence-corrected chi connectivity index (χ0v) is 11.2. The van der Waals surface area contributed by atoms with Crippen LogP contribution in [0.4, 0.5) is 4.39 Å². The van der Waals surface area contributed by atoms with Crippen molar-refractivity contribution in [2.24, 2.45) is 0 Å². The summed E-state index contributed by atoms with van der Waals surface area (Å²) in [7, 11) is 1.18. The average Bonchev–Trinajstić information content (AvgIpc) is 2.37. The molecule has 0 fully saturated rings. The largest absolute Gasteiger partial charge is 0.488 e. The molecule has 0 radical (unpaired) electrons. The molecule has 0 heterocycles. The normalized spacial score (nSPS) is 11.6. The summed E-state index contributed by atoms with van der Waals surface area (Å²) in [6, 6.07) is 3.23. The van der Waals surface area contributed by atoms with Gasteiger partial charge in [-0.3, -0.25) is 4.79 Å². The summed E-state index contributed by atoms with van der Waals surface area (Å²) < 4.78 is 23.2. The lowest BCUT2D eigenvalue weighted by molar-refractivity contribution is -0.145. The summed E-state index contributed by atoms with van der Waals surface area (Å²) in [5, 5.41) is 2.25. The van der Waals surface area contributed by atoms with Gasteiger partial charge in [-0.05, 0) is 12.1 Å². The van der Waals surface area contributed by atoms with Crippen LogP contribution >= 0.6 is 11.6 Å². The molecule has 19 heavy (non-hydrogen) atoms. The Labute approximate surface area is 114 Å². The predicted octanol–water partition coefficient (Wildman–Crippen LogP) is 1.54. The van der Waals surface area contributed by atoms with Crippen molar-refractivity contribution in [3.8, 4) is 5.75 Å². The van der Waals surface area contributed by atoms with Crippen molar-refractivity contribution in [1.82, 2.24) is 5.32 Å². The van der Waals surface area contributed by atoms with Gasteiger partial charge in [-0.2, -0.15) is 0 Å². The quantitative estimate of drug-likeness (QED) is 0.835. The highest BCUT2D eigenvalue weighted by Crippen LogP contribution is 2.24. The van der Waals surface area contributed by atoms with Crippen molar-refractivity contribution in [1.29, 1.82) is 0 Å². The van der Waals surface area contributed by atoms with Gasteiger partial charge in [-0.25, -0.2) is 9.18 Å². The van der Waals surface area contributed by atoms with Crippen LogP contribution in [0.25, 0.3) is 0 Å². The third-order valence-corrected chi connectivity index (χ3v) is 2.48. The van der Waals surface area contributed by atoms with Gasteiger partial charge in [0.15, 0.2) is 17.6 Å². The van der Waals surface area contributed by atoms with E-state index in [0.717, 1.165) is 0 Å². The van der Waals surface area contributed by atoms with Gasteiger partial charge in [-0.1, -0.05) is 17.7 Å². The van der Waals surface area contributed by atoms with Crippen LogP contribution in [0.3, 0.4) is 0 Å². The van der Waals surface area contributed by atoms with Gasteiger partial charge in [0.1, 0.15) is 6.61 Å². The Morgan fingerprint density at radius 3 is 2.74 bits per heavy atom. The van der Waals surface area contributed by atoms with Crippen LogP contribution in [-0.4, -0.2) is 31.6 Å². The highest BCUT2D eigenvalue weighted by Gasteiger charge is 2.21. The first-order chi connectivity index (χ1) is 8.95. The highest BCUT2D eigenvalue weighted by molar-refractivity contribution is 6.30. The van der Waals surface area contributed by atoms with Crippen LogP contribution in [0.1, 0.15) is 6.92 Å². The maximum Gasteiger partial charge on any atom is 0.331 e. The van der Waals surface area contributed by atoms with Crippen molar-refractivity contribution >= 4 is 23.5 Å². The highest BCUT2D eigenvalue weighted by atomic mass is 35.5. The maximum absolute atomic E-state index is 13.5. The minimum absolute atomic E-state index is 0.0911. The van der Waals surface area contributed by atoms with E-state index >= 15 is 0 Å². The van der Waals surface area contributed by atoms with Gasteiger partial charge >= 0.3 is 5.97 Å². The molecule has 0 aliphatic rings. The first kappa shape index (κ1) is 15.2. The Hall–Kier alpha value is -1.82. The average molecular weight is 290 g/mol. The minimum Gasteiger partial charge on any atom is -0.488 e. The van der Waals surface area contributed by atoms with Gasteiger partial charge in [0, 0.05) is 6.92 Å². The summed E-state index contributed by atoms with van der Waals surface area (Å²) in [5.74, 6) is -1.94. The maximum atomic E-state index is 13.5. The number of methoxy groups -OCH3 is 1. The molecule has 0 bridgehead atoms. The second-order valence-corrected chi connectivity index (χ2v) is 4.05. The van der Waals surface area contributed by atoms with E-state index in [1.54, 1.807) is 0 Å². The summed E-state index contributed by atoms with van der Waals surface area (Å²) in [6.45, 7) is 0.986. The smallest absolute Gasteiger partial charge is 0.331 e. The van der Waals surface area contributed by atoms with Crippen LogP contribution in [-0.2, 0) is 14.3 Å².